The predicted molar refractivity (Wildman–Crippen MR) is 70.7 cm³/mol. The highest BCUT2D eigenvalue weighted by Gasteiger charge is 2.26. The predicted octanol–water partition coefficient (Wildman–Crippen LogP) is 1.95. The molecule has 2 unspecified atom stereocenters. The van der Waals surface area contributed by atoms with Crippen LogP contribution in [-0.4, -0.2) is 18.0 Å². The monoisotopic (exact) mass is 267 g/mol. The van der Waals surface area contributed by atoms with Crippen LogP contribution in [0.15, 0.2) is 12.1 Å². The first-order valence-corrected chi connectivity index (χ1v) is 5.82. The summed E-state index contributed by atoms with van der Waals surface area (Å²) in [6.45, 7) is 5.33. The van der Waals surface area contributed by atoms with E-state index >= 15 is 0 Å². The Hall–Kier alpha value is -1.95. The van der Waals surface area contributed by atoms with E-state index in [1.807, 2.05) is 6.92 Å². The van der Waals surface area contributed by atoms with E-state index in [0.717, 1.165) is 11.1 Å². The molecule has 1 aromatic rings. The third-order valence-corrected chi connectivity index (χ3v) is 3.24. The molecule has 0 bridgehead atoms. The van der Waals surface area contributed by atoms with Gasteiger partial charge in [0, 0.05) is 5.92 Å². The number of halogens is 1. The summed E-state index contributed by atoms with van der Waals surface area (Å²) in [7, 11) is 0. The second kappa shape index (κ2) is 5.79. The maximum Gasteiger partial charge on any atom is 0.411 e. The Kier molecular flexibility index (Phi) is 4.61. The maximum absolute atomic E-state index is 13.9. The second-order valence-electron chi connectivity index (χ2n) is 4.50. The van der Waals surface area contributed by atoms with Gasteiger partial charge in [0.1, 0.15) is 5.82 Å². The van der Waals surface area contributed by atoms with Crippen molar-refractivity contribution in [3.63, 3.8) is 0 Å². The maximum atomic E-state index is 13.9. The van der Waals surface area contributed by atoms with Crippen LogP contribution in [0.5, 0.6) is 0 Å². The summed E-state index contributed by atoms with van der Waals surface area (Å²) < 4.78 is 18.3. The van der Waals surface area contributed by atoms with Crippen LogP contribution in [0.1, 0.15) is 29.5 Å². The average Bonchev–Trinajstić information content (AvgIpc) is 2.32. The molecule has 0 fully saturated rings. The van der Waals surface area contributed by atoms with Crippen molar-refractivity contribution in [1.29, 1.82) is 5.41 Å². The minimum absolute atomic E-state index is 0.391. The Morgan fingerprint density at radius 1 is 1.42 bits per heavy atom. The largest absolute Gasteiger partial charge is 0.411 e. The molecule has 0 saturated heterocycles. The molecule has 104 valence electrons. The smallest absolute Gasteiger partial charge is 0.394 e. The van der Waals surface area contributed by atoms with Gasteiger partial charge in [0.05, 0.1) is 6.04 Å². The van der Waals surface area contributed by atoms with Crippen molar-refractivity contribution in [2.24, 2.45) is 11.5 Å². The number of hydrogen-bond acceptors (Lipinski definition) is 4. The number of carbonyl (C=O) groups excluding carboxylic acids is 1. The number of ether oxygens (including phenoxy) is 1. The third kappa shape index (κ3) is 3.29. The zero-order valence-corrected chi connectivity index (χ0v) is 11.2. The number of aryl methyl sites for hydroxylation is 1. The normalized spacial score (nSPS) is 13.7. The van der Waals surface area contributed by atoms with E-state index in [2.05, 4.69) is 4.74 Å². The minimum atomic E-state index is -1.10. The van der Waals surface area contributed by atoms with E-state index in [0.29, 0.717) is 5.56 Å². The highest BCUT2D eigenvalue weighted by molar-refractivity contribution is 5.89. The number of primary amides is 1. The van der Waals surface area contributed by atoms with Gasteiger partial charge in [-0.05, 0) is 36.6 Å². The zero-order valence-electron chi connectivity index (χ0n) is 11.2. The first-order chi connectivity index (χ1) is 8.75. The van der Waals surface area contributed by atoms with Crippen LogP contribution < -0.4 is 11.5 Å². The number of nitrogens with two attached hydrogens (primary N) is 2. The van der Waals surface area contributed by atoms with Crippen molar-refractivity contribution in [2.45, 2.75) is 32.7 Å². The first-order valence-electron chi connectivity index (χ1n) is 5.82. The van der Waals surface area contributed by atoms with Crippen molar-refractivity contribution in [3.05, 3.63) is 34.6 Å². The van der Waals surface area contributed by atoms with Gasteiger partial charge in [-0.1, -0.05) is 13.0 Å². The van der Waals surface area contributed by atoms with Gasteiger partial charge in [0.25, 0.3) is 0 Å². The van der Waals surface area contributed by atoms with Gasteiger partial charge in [0.15, 0.2) is 0 Å². The van der Waals surface area contributed by atoms with E-state index < -0.39 is 29.8 Å². The molecule has 0 heterocycles. The van der Waals surface area contributed by atoms with Gasteiger partial charge < -0.3 is 16.2 Å². The van der Waals surface area contributed by atoms with Crippen LogP contribution in [0, 0.1) is 25.1 Å². The fourth-order valence-electron chi connectivity index (χ4n) is 1.95. The van der Waals surface area contributed by atoms with Crippen molar-refractivity contribution >= 4 is 12.0 Å². The number of rotatable bonds is 3. The molecule has 0 spiro atoms. The minimum Gasteiger partial charge on any atom is -0.394 e. The fourth-order valence-corrected chi connectivity index (χ4v) is 1.95. The number of nitrogens with one attached hydrogen (secondary N) is 1. The standard InChI is InChI=1S/C13H18FN3O2/c1-6-4-5-9(14)10(7(6)2)8(3)11(15)12(16)19-13(17)18/h4-5,8,11,16H,15H2,1-3H3,(H2,17,18). The molecule has 1 amide bonds. The molecule has 1 rings (SSSR count). The van der Waals surface area contributed by atoms with Crippen LogP contribution in [0.25, 0.3) is 0 Å². The van der Waals surface area contributed by atoms with E-state index in [1.54, 1.807) is 19.9 Å². The quantitative estimate of drug-likeness (QED) is 0.576. The second-order valence-corrected chi connectivity index (χ2v) is 4.50. The van der Waals surface area contributed by atoms with Crippen LogP contribution in [-0.2, 0) is 4.74 Å². The van der Waals surface area contributed by atoms with Crippen LogP contribution >= 0.6 is 0 Å². The Balaban J connectivity index is 3.06. The molecule has 0 aromatic heterocycles. The van der Waals surface area contributed by atoms with Gasteiger partial charge in [-0.15, -0.1) is 0 Å². The van der Waals surface area contributed by atoms with Gasteiger partial charge in [-0.3, -0.25) is 5.41 Å². The molecule has 6 heteroatoms. The third-order valence-electron chi connectivity index (χ3n) is 3.24. The average molecular weight is 267 g/mol. The Bertz CT molecular complexity index is 517. The van der Waals surface area contributed by atoms with Crippen molar-refractivity contribution in [2.75, 3.05) is 0 Å². The highest BCUT2D eigenvalue weighted by atomic mass is 19.1. The van der Waals surface area contributed by atoms with Crippen molar-refractivity contribution in [1.82, 2.24) is 0 Å². The topological polar surface area (TPSA) is 102 Å². The summed E-state index contributed by atoms with van der Waals surface area (Å²) in [5.74, 6) is -1.37. The number of hydrogen-bond donors (Lipinski definition) is 3. The summed E-state index contributed by atoms with van der Waals surface area (Å²) in [4.78, 5) is 10.6. The van der Waals surface area contributed by atoms with Crippen LogP contribution in [0.3, 0.4) is 0 Å². The van der Waals surface area contributed by atoms with E-state index in [4.69, 9.17) is 16.9 Å². The summed E-state index contributed by atoms with van der Waals surface area (Å²) >= 11 is 0. The summed E-state index contributed by atoms with van der Waals surface area (Å²) in [5.41, 5.74) is 12.8. The Morgan fingerprint density at radius 2 is 2.00 bits per heavy atom. The molecular weight excluding hydrogens is 249 g/mol. The van der Waals surface area contributed by atoms with Crippen LogP contribution in [0.2, 0.25) is 0 Å². The molecule has 1 aromatic carbocycles. The molecule has 5 N–H and O–H groups in total. The Morgan fingerprint density at radius 3 is 2.53 bits per heavy atom. The molecule has 0 aliphatic carbocycles. The van der Waals surface area contributed by atoms with Gasteiger partial charge in [-0.25, -0.2) is 9.18 Å². The molecule has 0 aliphatic rings. The molecule has 0 radical (unpaired) electrons. The zero-order chi connectivity index (χ0) is 14.7. The number of carbonyl (C=O) groups is 1. The molecule has 19 heavy (non-hydrogen) atoms. The van der Waals surface area contributed by atoms with Crippen molar-refractivity contribution in [3.8, 4) is 0 Å². The molecular formula is C13H18FN3O2. The van der Waals surface area contributed by atoms with Gasteiger partial charge in [-0.2, -0.15) is 0 Å². The number of benzene rings is 1. The lowest BCUT2D eigenvalue weighted by Crippen LogP contribution is -2.39. The van der Waals surface area contributed by atoms with Gasteiger partial charge in [0.2, 0.25) is 5.90 Å². The fraction of sp³-hybridized carbons (Fsp3) is 0.385. The summed E-state index contributed by atoms with van der Waals surface area (Å²) in [6.07, 6.45) is -1.10. The van der Waals surface area contributed by atoms with Gasteiger partial charge >= 0.3 is 6.09 Å². The van der Waals surface area contributed by atoms with E-state index in [9.17, 15) is 9.18 Å². The van der Waals surface area contributed by atoms with Crippen LogP contribution in [0.4, 0.5) is 9.18 Å². The lowest BCUT2D eigenvalue weighted by molar-refractivity contribution is 0.204. The first kappa shape index (κ1) is 15.1. The molecule has 2 atom stereocenters. The van der Waals surface area contributed by atoms with E-state index in [1.165, 1.54) is 6.07 Å². The SMILES string of the molecule is Cc1ccc(F)c(C(C)C(N)C(=N)OC(N)=O)c1C. The molecule has 5 nitrogen and oxygen atoms in total. The summed E-state index contributed by atoms with van der Waals surface area (Å²) in [6, 6.07) is 2.10. The Labute approximate surface area is 111 Å². The molecule has 0 saturated carbocycles. The number of amides is 1. The molecule has 0 aliphatic heterocycles. The highest BCUT2D eigenvalue weighted by Crippen LogP contribution is 2.27. The lowest BCUT2D eigenvalue weighted by Gasteiger charge is -2.23. The van der Waals surface area contributed by atoms with E-state index in [-0.39, 0.29) is 0 Å². The van der Waals surface area contributed by atoms with Crippen molar-refractivity contribution < 1.29 is 13.9 Å². The lowest BCUT2D eigenvalue weighted by atomic mass is 9.88. The summed E-state index contributed by atoms with van der Waals surface area (Å²) in [5, 5.41) is 7.53.